The van der Waals surface area contributed by atoms with Crippen molar-refractivity contribution in [3.8, 4) is 0 Å². The van der Waals surface area contributed by atoms with Gasteiger partial charge in [0.1, 0.15) is 12.2 Å². The lowest BCUT2D eigenvalue weighted by Gasteiger charge is -2.24. The first-order chi connectivity index (χ1) is 9.88. The Hall–Kier alpha value is -1.58. The summed E-state index contributed by atoms with van der Waals surface area (Å²) in [5.41, 5.74) is 1.96. The van der Waals surface area contributed by atoms with E-state index in [2.05, 4.69) is 26.5 Å². The van der Waals surface area contributed by atoms with Gasteiger partial charge < -0.3 is 9.47 Å². The smallest absolute Gasteiger partial charge is 0.334 e. The van der Waals surface area contributed by atoms with Gasteiger partial charge in [0, 0.05) is 24.3 Å². The van der Waals surface area contributed by atoms with E-state index in [0.29, 0.717) is 17.4 Å². The summed E-state index contributed by atoms with van der Waals surface area (Å²) in [6.45, 7) is 9.65. The minimum Gasteiger partial charge on any atom is -0.458 e. The van der Waals surface area contributed by atoms with E-state index in [1.165, 1.54) is 12.5 Å². The zero-order chi connectivity index (χ0) is 15.3. The lowest BCUT2D eigenvalue weighted by molar-refractivity contribution is -0.146. The molecule has 3 aliphatic rings. The van der Waals surface area contributed by atoms with Crippen LogP contribution in [0.2, 0.25) is 0 Å². The molecule has 0 amide bonds. The molecule has 4 heteroatoms. The Morgan fingerprint density at radius 1 is 1.33 bits per heavy atom. The summed E-state index contributed by atoms with van der Waals surface area (Å²) in [6, 6.07) is 0. The Labute approximate surface area is 125 Å². The molecule has 0 aromatic carbocycles. The topological polar surface area (TPSA) is 52.6 Å². The molecule has 0 aromatic heterocycles. The lowest BCUT2D eigenvalue weighted by atomic mass is 9.81. The van der Waals surface area contributed by atoms with Crippen LogP contribution in [0.25, 0.3) is 0 Å². The van der Waals surface area contributed by atoms with Crippen molar-refractivity contribution in [2.24, 2.45) is 23.7 Å². The molecular weight excluding hydrogens is 268 g/mol. The molecule has 0 bridgehead atoms. The maximum Gasteiger partial charge on any atom is 0.334 e. The van der Waals surface area contributed by atoms with Crippen molar-refractivity contribution in [3.05, 3.63) is 23.8 Å². The number of allylic oxidation sites excluding steroid dienone is 1. The quantitative estimate of drug-likeness (QED) is 0.423. The molecule has 1 saturated heterocycles. The molecule has 114 valence electrons. The first kappa shape index (κ1) is 14.4. The molecule has 2 aliphatic carbocycles. The van der Waals surface area contributed by atoms with Gasteiger partial charge >= 0.3 is 11.9 Å². The first-order valence-corrected chi connectivity index (χ1v) is 7.67. The molecule has 4 nitrogen and oxygen atoms in total. The van der Waals surface area contributed by atoms with Crippen molar-refractivity contribution >= 4 is 11.9 Å². The number of ether oxygens (including phenoxy) is 2. The van der Waals surface area contributed by atoms with E-state index in [4.69, 9.17) is 9.47 Å². The zero-order valence-electron chi connectivity index (χ0n) is 12.8. The fourth-order valence-electron chi connectivity index (χ4n) is 4.15. The summed E-state index contributed by atoms with van der Waals surface area (Å²) < 4.78 is 10.9. The van der Waals surface area contributed by atoms with Crippen LogP contribution in [0.15, 0.2) is 23.8 Å². The summed E-state index contributed by atoms with van der Waals surface area (Å²) in [7, 11) is 0. The van der Waals surface area contributed by atoms with E-state index in [1.807, 2.05) is 0 Å². The summed E-state index contributed by atoms with van der Waals surface area (Å²) >= 11 is 0. The number of fused-ring (bicyclic) bond motifs is 2. The fraction of sp³-hybridized carbons (Fsp3) is 0.647. The third-order valence-electron chi connectivity index (χ3n) is 5.32. The van der Waals surface area contributed by atoms with Crippen molar-refractivity contribution in [1.82, 2.24) is 0 Å². The van der Waals surface area contributed by atoms with E-state index in [0.717, 1.165) is 12.8 Å². The van der Waals surface area contributed by atoms with E-state index < -0.39 is 0 Å². The number of hydrogen-bond acceptors (Lipinski definition) is 4. The second kappa shape index (κ2) is 5.00. The molecule has 6 atom stereocenters. The summed E-state index contributed by atoms with van der Waals surface area (Å²) in [5, 5.41) is 0. The number of carbonyl (C=O) groups is 2. The van der Waals surface area contributed by atoms with Gasteiger partial charge in [0.2, 0.25) is 0 Å². The number of carbonyl (C=O) groups excluding carboxylic acids is 2. The molecule has 1 saturated carbocycles. The predicted molar refractivity (Wildman–Crippen MR) is 77.2 cm³/mol. The average Bonchev–Trinajstić information content (AvgIpc) is 2.78. The molecule has 0 radical (unpaired) electrons. The Balaban J connectivity index is 1.87. The van der Waals surface area contributed by atoms with E-state index in [-0.39, 0.29) is 36.0 Å². The SMILES string of the molecule is C=C1C(=O)OC2CC(C)C3=CC(OC(C)=O)C(C)C3CC12. The first-order valence-electron chi connectivity index (χ1n) is 7.67. The lowest BCUT2D eigenvalue weighted by Crippen LogP contribution is -2.25. The molecule has 2 fully saturated rings. The minimum absolute atomic E-state index is 0.0362. The van der Waals surface area contributed by atoms with Gasteiger partial charge in [-0.15, -0.1) is 0 Å². The highest BCUT2D eigenvalue weighted by atomic mass is 16.6. The van der Waals surface area contributed by atoms with E-state index >= 15 is 0 Å². The van der Waals surface area contributed by atoms with Crippen molar-refractivity contribution in [3.63, 3.8) is 0 Å². The van der Waals surface area contributed by atoms with Crippen LogP contribution in [-0.2, 0) is 19.1 Å². The summed E-state index contributed by atoms with van der Waals surface area (Å²) in [4.78, 5) is 23.0. The van der Waals surface area contributed by atoms with Gasteiger partial charge in [-0.2, -0.15) is 0 Å². The number of hydrogen-bond donors (Lipinski definition) is 0. The van der Waals surface area contributed by atoms with Crippen LogP contribution in [0.5, 0.6) is 0 Å². The molecule has 0 aromatic rings. The van der Waals surface area contributed by atoms with Gasteiger partial charge in [-0.1, -0.05) is 26.0 Å². The summed E-state index contributed by atoms with van der Waals surface area (Å²) in [5.74, 6) is 0.543. The fourth-order valence-corrected chi connectivity index (χ4v) is 4.15. The molecule has 21 heavy (non-hydrogen) atoms. The normalized spacial score (nSPS) is 41.8. The van der Waals surface area contributed by atoms with Gasteiger partial charge in [-0.05, 0) is 30.8 Å². The van der Waals surface area contributed by atoms with Gasteiger partial charge in [0.05, 0.1) is 0 Å². The van der Waals surface area contributed by atoms with Crippen molar-refractivity contribution in [2.45, 2.75) is 45.8 Å². The molecule has 6 unspecified atom stereocenters. The van der Waals surface area contributed by atoms with Gasteiger partial charge in [-0.3, -0.25) is 4.79 Å². The van der Waals surface area contributed by atoms with Crippen molar-refractivity contribution < 1.29 is 19.1 Å². The van der Waals surface area contributed by atoms with Crippen LogP contribution in [-0.4, -0.2) is 24.1 Å². The third kappa shape index (κ3) is 2.30. The Bertz CT molecular complexity index is 533. The zero-order valence-corrected chi connectivity index (χ0v) is 12.8. The van der Waals surface area contributed by atoms with Crippen LogP contribution in [0.3, 0.4) is 0 Å². The van der Waals surface area contributed by atoms with Crippen molar-refractivity contribution in [2.75, 3.05) is 0 Å². The van der Waals surface area contributed by atoms with Crippen LogP contribution < -0.4 is 0 Å². The Morgan fingerprint density at radius 3 is 2.71 bits per heavy atom. The highest BCUT2D eigenvalue weighted by Crippen LogP contribution is 2.49. The van der Waals surface area contributed by atoms with Crippen LogP contribution in [0.1, 0.15) is 33.6 Å². The van der Waals surface area contributed by atoms with Gasteiger partial charge in [0.25, 0.3) is 0 Å². The predicted octanol–water partition coefficient (Wildman–Crippen LogP) is 2.64. The standard InChI is InChI=1S/C17H22O4/c1-8-5-16-14(10(3)17(19)21-16)6-13-9(2)15(7-12(8)13)20-11(4)18/h7-9,13-16H,3,5-6H2,1-2,4H3. The average molecular weight is 290 g/mol. The molecule has 1 aliphatic heterocycles. The second-order valence-electron chi connectivity index (χ2n) is 6.65. The molecule has 3 rings (SSSR count). The Kier molecular flexibility index (Phi) is 3.42. The third-order valence-corrected chi connectivity index (χ3v) is 5.32. The molecule has 0 N–H and O–H groups in total. The maximum atomic E-state index is 11.7. The van der Waals surface area contributed by atoms with Crippen molar-refractivity contribution in [1.29, 1.82) is 0 Å². The van der Waals surface area contributed by atoms with Crippen LogP contribution in [0.4, 0.5) is 0 Å². The highest BCUT2D eigenvalue weighted by Gasteiger charge is 2.48. The number of esters is 2. The van der Waals surface area contributed by atoms with Crippen LogP contribution >= 0.6 is 0 Å². The van der Waals surface area contributed by atoms with Crippen LogP contribution in [0, 0.1) is 23.7 Å². The molecule has 0 spiro atoms. The van der Waals surface area contributed by atoms with E-state index in [9.17, 15) is 9.59 Å². The summed E-state index contributed by atoms with van der Waals surface area (Å²) in [6.07, 6.45) is 3.63. The largest absolute Gasteiger partial charge is 0.458 e. The van der Waals surface area contributed by atoms with E-state index in [1.54, 1.807) is 0 Å². The van der Waals surface area contributed by atoms with Gasteiger partial charge in [-0.25, -0.2) is 4.79 Å². The Morgan fingerprint density at radius 2 is 2.05 bits per heavy atom. The molecular formula is C17H22O4. The maximum absolute atomic E-state index is 11.7. The monoisotopic (exact) mass is 290 g/mol. The highest BCUT2D eigenvalue weighted by molar-refractivity contribution is 5.90. The minimum atomic E-state index is -0.244. The second-order valence-corrected chi connectivity index (χ2v) is 6.65. The molecule has 1 heterocycles. The van der Waals surface area contributed by atoms with Gasteiger partial charge in [0.15, 0.2) is 0 Å². The number of rotatable bonds is 1.